The Morgan fingerprint density at radius 3 is 2.32 bits per heavy atom. The molecule has 0 aliphatic carbocycles. The number of nitrogens with zero attached hydrogens (tertiary/aromatic N) is 2. The predicted molar refractivity (Wildman–Crippen MR) is 102 cm³/mol. The van der Waals surface area contributed by atoms with Gasteiger partial charge in [0.05, 0.1) is 6.04 Å². The number of hydrogen-bond acceptors (Lipinski definition) is 6. The number of piperazine rings is 1. The molecule has 1 aromatic rings. The van der Waals surface area contributed by atoms with E-state index < -0.39 is 29.8 Å². The van der Waals surface area contributed by atoms with Crippen LogP contribution < -0.4 is 0 Å². The Kier molecular flexibility index (Phi) is 7.25. The van der Waals surface area contributed by atoms with Crippen molar-refractivity contribution in [1.29, 1.82) is 0 Å². The van der Waals surface area contributed by atoms with Crippen LogP contribution in [0.3, 0.4) is 0 Å². The van der Waals surface area contributed by atoms with Crippen LogP contribution in [0.2, 0.25) is 0 Å². The third-order valence-corrected chi connectivity index (χ3v) is 4.05. The van der Waals surface area contributed by atoms with Gasteiger partial charge in [-0.25, -0.2) is 9.59 Å². The fourth-order valence-electron chi connectivity index (χ4n) is 2.75. The molecule has 0 N–H and O–H groups in total. The van der Waals surface area contributed by atoms with E-state index in [-0.39, 0.29) is 26.3 Å². The Hall–Kier alpha value is -2.77. The number of benzene rings is 1. The minimum Gasteiger partial charge on any atom is -0.464 e. The van der Waals surface area contributed by atoms with E-state index in [0.717, 1.165) is 5.56 Å². The van der Waals surface area contributed by atoms with E-state index in [2.05, 4.69) is 0 Å². The molecular formula is C20H28N2O6. The van der Waals surface area contributed by atoms with Gasteiger partial charge in [-0.1, -0.05) is 30.3 Å². The highest BCUT2D eigenvalue weighted by Gasteiger charge is 2.35. The highest BCUT2D eigenvalue weighted by atomic mass is 16.6. The Labute approximate surface area is 165 Å². The number of esters is 1. The minimum atomic E-state index is -0.617. The third-order valence-electron chi connectivity index (χ3n) is 4.05. The topological polar surface area (TPSA) is 85.4 Å². The second kappa shape index (κ2) is 9.43. The first-order valence-electron chi connectivity index (χ1n) is 9.24. The zero-order chi connectivity index (χ0) is 20.7. The molecule has 0 spiro atoms. The summed E-state index contributed by atoms with van der Waals surface area (Å²) in [5.41, 5.74) is 0.258. The molecule has 1 aliphatic heterocycles. The average Bonchev–Trinajstić information content (AvgIpc) is 2.63. The van der Waals surface area contributed by atoms with Crippen molar-refractivity contribution in [3.8, 4) is 0 Å². The lowest BCUT2D eigenvalue weighted by atomic mass is 10.2. The van der Waals surface area contributed by atoms with Crippen molar-refractivity contribution in [3.05, 3.63) is 35.9 Å². The average molecular weight is 392 g/mol. The Bertz CT molecular complexity index is 686. The molecule has 1 fully saturated rings. The molecule has 1 aliphatic rings. The number of hydrogen-bond donors (Lipinski definition) is 0. The van der Waals surface area contributed by atoms with Crippen LogP contribution in [0.5, 0.6) is 0 Å². The van der Waals surface area contributed by atoms with Crippen molar-refractivity contribution in [3.63, 3.8) is 0 Å². The van der Waals surface area contributed by atoms with Gasteiger partial charge in [-0.05, 0) is 26.3 Å². The quantitative estimate of drug-likeness (QED) is 0.579. The van der Waals surface area contributed by atoms with Crippen molar-refractivity contribution >= 4 is 18.2 Å². The maximum atomic E-state index is 12.6. The van der Waals surface area contributed by atoms with E-state index in [1.54, 1.807) is 20.8 Å². The third kappa shape index (κ3) is 6.75. The molecule has 1 heterocycles. The summed E-state index contributed by atoms with van der Waals surface area (Å²) >= 11 is 0. The number of carbonyl (C=O) groups excluding carboxylic acids is 3. The highest BCUT2D eigenvalue weighted by Crippen LogP contribution is 2.17. The molecule has 2 rings (SSSR count). The summed E-state index contributed by atoms with van der Waals surface area (Å²) in [4.78, 5) is 39.1. The van der Waals surface area contributed by atoms with Gasteiger partial charge in [0.1, 0.15) is 18.8 Å². The van der Waals surface area contributed by atoms with E-state index in [0.29, 0.717) is 6.54 Å². The van der Waals surface area contributed by atoms with Crippen LogP contribution in [0.25, 0.3) is 0 Å². The highest BCUT2D eigenvalue weighted by molar-refractivity contribution is 5.71. The Balaban J connectivity index is 2.00. The van der Waals surface area contributed by atoms with Gasteiger partial charge in [0.15, 0.2) is 0 Å². The molecule has 0 bridgehead atoms. The van der Waals surface area contributed by atoms with Crippen LogP contribution in [0.1, 0.15) is 33.3 Å². The standard InChI is InChI=1S/C20H28N2O6/c1-15(23)26-14-17-12-21(18(24)28-20(2,3)4)10-11-22(17)19(25)27-13-16-8-6-5-7-9-16/h5-9,17H,10-14H2,1-4H3/t17-/m0/s1. The van der Waals surface area contributed by atoms with Crippen LogP contribution in [0.4, 0.5) is 9.59 Å². The second-order valence-electron chi connectivity index (χ2n) is 7.62. The lowest BCUT2D eigenvalue weighted by molar-refractivity contribution is -0.143. The van der Waals surface area contributed by atoms with E-state index in [1.807, 2.05) is 30.3 Å². The summed E-state index contributed by atoms with van der Waals surface area (Å²) in [6, 6.07) is 8.84. The van der Waals surface area contributed by atoms with Gasteiger partial charge in [-0.2, -0.15) is 0 Å². The molecule has 154 valence electrons. The first-order valence-corrected chi connectivity index (χ1v) is 9.24. The zero-order valence-corrected chi connectivity index (χ0v) is 16.8. The molecule has 1 saturated heterocycles. The largest absolute Gasteiger partial charge is 0.464 e. The Morgan fingerprint density at radius 2 is 1.71 bits per heavy atom. The molecule has 0 aromatic heterocycles. The van der Waals surface area contributed by atoms with Crippen molar-refractivity contribution < 1.29 is 28.6 Å². The molecule has 0 unspecified atom stereocenters. The lowest BCUT2D eigenvalue weighted by Crippen LogP contribution is -2.58. The summed E-state index contributed by atoms with van der Waals surface area (Å²) in [7, 11) is 0. The predicted octanol–water partition coefficient (Wildman–Crippen LogP) is 2.81. The zero-order valence-electron chi connectivity index (χ0n) is 16.8. The Morgan fingerprint density at radius 1 is 1.04 bits per heavy atom. The first-order chi connectivity index (χ1) is 13.2. The van der Waals surface area contributed by atoms with Crippen molar-refractivity contribution in [2.24, 2.45) is 0 Å². The second-order valence-corrected chi connectivity index (χ2v) is 7.62. The maximum Gasteiger partial charge on any atom is 0.410 e. The molecule has 28 heavy (non-hydrogen) atoms. The monoisotopic (exact) mass is 392 g/mol. The molecule has 1 aromatic carbocycles. The van der Waals surface area contributed by atoms with Crippen molar-refractivity contribution in [2.75, 3.05) is 26.2 Å². The summed E-state index contributed by atoms with van der Waals surface area (Å²) in [6.45, 7) is 7.57. The number of carbonyl (C=O) groups is 3. The molecular weight excluding hydrogens is 364 g/mol. The fourth-order valence-corrected chi connectivity index (χ4v) is 2.75. The first kappa shape index (κ1) is 21.5. The van der Waals surface area contributed by atoms with Crippen LogP contribution in [-0.4, -0.2) is 65.8 Å². The van der Waals surface area contributed by atoms with Gasteiger partial charge < -0.3 is 19.1 Å². The lowest BCUT2D eigenvalue weighted by Gasteiger charge is -2.40. The number of ether oxygens (including phenoxy) is 3. The SMILES string of the molecule is CC(=O)OC[C@@H]1CN(C(=O)OC(C)(C)C)CCN1C(=O)OCc1ccccc1. The summed E-state index contributed by atoms with van der Waals surface area (Å²) in [6.07, 6.45) is -0.970. The van der Waals surface area contributed by atoms with Gasteiger partial charge in [-0.15, -0.1) is 0 Å². The van der Waals surface area contributed by atoms with Gasteiger partial charge in [0, 0.05) is 26.6 Å². The molecule has 8 nitrogen and oxygen atoms in total. The molecule has 2 amide bonds. The smallest absolute Gasteiger partial charge is 0.410 e. The van der Waals surface area contributed by atoms with Crippen molar-refractivity contribution in [1.82, 2.24) is 9.80 Å². The van der Waals surface area contributed by atoms with Crippen LogP contribution in [0.15, 0.2) is 30.3 Å². The van der Waals surface area contributed by atoms with Gasteiger partial charge in [0.2, 0.25) is 0 Å². The summed E-state index contributed by atoms with van der Waals surface area (Å²) in [5.74, 6) is -0.452. The van der Waals surface area contributed by atoms with Crippen LogP contribution >= 0.6 is 0 Å². The van der Waals surface area contributed by atoms with E-state index >= 15 is 0 Å². The normalized spacial score (nSPS) is 17.1. The molecule has 0 saturated carbocycles. The number of amides is 2. The van der Waals surface area contributed by atoms with Gasteiger partial charge in [0.25, 0.3) is 0 Å². The number of rotatable bonds is 4. The molecule has 8 heteroatoms. The molecule has 1 atom stereocenters. The van der Waals surface area contributed by atoms with Gasteiger partial charge >= 0.3 is 18.2 Å². The molecule has 0 radical (unpaired) electrons. The fraction of sp³-hybridized carbons (Fsp3) is 0.550. The maximum absolute atomic E-state index is 12.6. The van der Waals surface area contributed by atoms with E-state index in [1.165, 1.54) is 16.7 Å². The van der Waals surface area contributed by atoms with Crippen LogP contribution in [-0.2, 0) is 25.6 Å². The van der Waals surface area contributed by atoms with Gasteiger partial charge in [-0.3, -0.25) is 9.69 Å². The van der Waals surface area contributed by atoms with E-state index in [4.69, 9.17) is 14.2 Å². The van der Waals surface area contributed by atoms with Crippen molar-refractivity contribution in [2.45, 2.75) is 45.9 Å². The minimum absolute atomic E-state index is 0.0188. The van der Waals surface area contributed by atoms with Crippen LogP contribution in [0, 0.1) is 0 Å². The summed E-state index contributed by atoms with van der Waals surface area (Å²) < 4.78 is 15.9. The van der Waals surface area contributed by atoms with E-state index in [9.17, 15) is 14.4 Å². The summed E-state index contributed by atoms with van der Waals surface area (Å²) in [5, 5.41) is 0.